The molecule has 0 aliphatic carbocycles. The van der Waals surface area contributed by atoms with Crippen LogP contribution in [0.25, 0.3) is 57.5 Å². The molecule has 0 amide bonds. The molecular formula is C40H32F3N7O2S. The minimum absolute atomic E-state index is 0.00217. The highest BCUT2D eigenvalue weighted by atomic mass is 32.2. The Bertz CT molecular complexity index is 2600. The number of nitrogens with zero attached hydrogens (tertiary/aromatic N) is 5. The van der Waals surface area contributed by atoms with E-state index in [1.807, 2.05) is 60.7 Å². The molecule has 2 aromatic carbocycles. The zero-order chi connectivity index (χ0) is 36.7. The van der Waals surface area contributed by atoms with E-state index < -0.39 is 21.8 Å². The van der Waals surface area contributed by atoms with Gasteiger partial charge in [-0.15, -0.1) is 0 Å². The van der Waals surface area contributed by atoms with Crippen LogP contribution in [-0.2, 0) is 36.2 Å². The van der Waals surface area contributed by atoms with Crippen LogP contribution in [0, 0.1) is 0 Å². The first-order valence-corrected chi connectivity index (χ1v) is 18.2. The number of benzene rings is 2. The monoisotopic (exact) mass is 731 g/mol. The van der Waals surface area contributed by atoms with Crippen LogP contribution in [0.3, 0.4) is 0 Å². The molecule has 0 atom stereocenters. The molecule has 6 aromatic rings. The Morgan fingerprint density at radius 1 is 0.660 bits per heavy atom. The normalized spacial score (nSPS) is 14.1. The average Bonchev–Trinajstić information content (AvgIpc) is 3.99. The van der Waals surface area contributed by atoms with Crippen molar-refractivity contribution in [2.24, 2.45) is 7.05 Å². The number of hydrogen-bond donors (Lipinski definition) is 2. The predicted molar refractivity (Wildman–Crippen MR) is 200 cm³/mol. The molecule has 3 aliphatic rings. The van der Waals surface area contributed by atoms with E-state index in [1.165, 1.54) is 29.0 Å². The zero-order valence-corrected chi connectivity index (χ0v) is 29.2. The molecule has 4 aromatic heterocycles. The van der Waals surface area contributed by atoms with Crippen LogP contribution in [0.4, 0.5) is 13.2 Å². The molecule has 7 heterocycles. The minimum atomic E-state index is -4.38. The van der Waals surface area contributed by atoms with E-state index in [1.54, 1.807) is 11.6 Å². The Morgan fingerprint density at radius 2 is 1.21 bits per heavy atom. The lowest BCUT2D eigenvalue weighted by molar-refractivity contribution is -0.137. The molecular weight excluding hydrogens is 700 g/mol. The van der Waals surface area contributed by atoms with Crippen molar-refractivity contribution in [1.82, 2.24) is 33.8 Å². The number of rotatable bonds is 3. The number of aryl methyl sites for hydroxylation is 1. The molecule has 0 spiro atoms. The van der Waals surface area contributed by atoms with Crippen molar-refractivity contribution in [3.63, 3.8) is 0 Å². The first-order valence-electron chi connectivity index (χ1n) is 16.8. The fraction of sp³-hybridized carbons (Fsp3) is 0.125. The highest BCUT2D eigenvalue weighted by molar-refractivity contribution is 7.89. The molecule has 266 valence electrons. The van der Waals surface area contributed by atoms with Crippen molar-refractivity contribution >= 4 is 56.4 Å². The maximum Gasteiger partial charge on any atom is 0.416 e. The lowest BCUT2D eigenvalue weighted by Gasteiger charge is -2.27. The van der Waals surface area contributed by atoms with E-state index in [0.717, 1.165) is 73.7 Å². The average molecular weight is 732 g/mol. The quantitative estimate of drug-likeness (QED) is 0.189. The van der Waals surface area contributed by atoms with Crippen molar-refractivity contribution in [3.05, 3.63) is 143 Å². The maximum absolute atomic E-state index is 12.8. The van der Waals surface area contributed by atoms with E-state index in [-0.39, 0.29) is 11.6 Å². The number of sulfonamides is 1. The maximum atomic E-state index is 12.8. The van der Waals surface area contributed by atoms with Gasteiger partial charge in [-0.05, 0) is 120 Å². The molecule has 0 radical (unpaired) electrons. The molecule has 53 heavy (non-hydrogen) atoms. The third-order valence-corrected chi connectivity index (χ3v) is 10.8. The van der Waals surface area contributed by atoms with Crippen LogP contribution in [-0.4, -0.2) is 48.8 Å². The van der Waals surface area contributed by atoms with Crippen molar-refractivity contribution in [2.45, 2.75) is 24.2 Å². The van der Waals surface area contributed by atoms with Crippen molar-refractivity contribution in [1.29, 1.82) is 0 Å². The fourth-order valence-corrected chi connectivity index (χ4v) is 7.75. The van der Waals surface area contributed by atoms with Gasteiger partial charge < -0.3 is 14.5 Å². The topological polar surface area (TPSA) is 113 Å². The van der Waals surface area contributed by atoms with Gasteiger partial charge in [-0.1, -0.05) is 24.3 Å². The van der Waals surface area contributed by atoms with E-state index >= 15 is 0 Å². The lowest BCUT2D eigenvalue weighted by Crippen LogP contribution is -2.36. The van der Waals surface area contributed by atoms with Gasteiger partial charge in [0.25, 0.3) is 10.0 Å². The van der Waals surface area contributed by atoms with Gasteiger partial charge in [0.15, 0.2) is 5.03 Å². The summed E-state index contributed by atoms with van der Waals surface area (Å²) in [6, 6.07) is 27.0. The van der Waals surface area contributed by atoms with Gasteiger partial charge in [0.1, 0.15) is 0 Å². The van der Waals surface area contributed by atoms with E-state index in [2.05, 4.69) is 55.3 Å². The second-order valence-electron chi connectivity index (χ2n) is 12.9. The number of alkyl halides is 3. The van der Waals surface area contributed by atoms with Crippen LogP contribution in [0.15, 0.2) is 109 Å². The summed E-state index contributed by atoms with van der Waals surface area (Å²) in [5.41, 5.74) is 10.4. The molecule has 8 bridgehead atoms. The number of fused-ring (bicyclic) bond motifs is 9. The summed E-state index contributed by atoms with van der Waals surface area (Å²) >= 11 is 0. The van der Waals surface area contributed by atoms with Crippen molar-refractivity contribution < 1.29 is 21.6 Å². The summed E-state index contributed by atoms with van der Waals surface area (Å²) in [6.45, 7) is 0.550. The molecule has 2 N–H and O–H groups in total. The van der Waals surface area contributed by atoms with Crippen LogP contribution in [0.1, 0.15) is 39.5 Å². The third-order valence-electron chi connectivity index (χ3n) is 9.06. The highest BCUT2D eigenvalue weighted by Crippen LogP contribution is 2.33. The Balaban J connectivity index is 0.000000153. The summed E-state index contributed by atoms with van der Waals surface area (Å²) in [6.07, 6.45) is 7.13. The molecule has 3 aliphatic heterocycles. The van der Waals surface area contributed by atoms with Crippen LogP contribution >= 0.6 is 0 Å². The SMILES string of the molecule is C1=Cc2cc3ccc(cc4ccc(cc5nc(cc1n2)C=C5)[nH]4)[nH]3.Cn1cnc(S(=O)(=O)N2CCc3ccc(-c4ccc(C(F)(F)F)cc4)cc3C2)c1. The van der Waals surface area contributed by atoms with Gasteiger partial charge in [0.2, 0.25) is 0 Å². The highest BCUT2D eigenvalue weighted by Gasteiger charge is 2.31. The molecule has 9 rings (SSSR count). The summed E-state index contributed by atoms with van der Waals surface area (Å²) in [5, 5.41) is 0.00217. The Labute approximate surface area is 302 Å². The molecule has 9 nitrogen and oxygen atoms in total. The van der Waals surface area contributed by atoms with Gasteiger partial charge in [-0.2, -0.15) is 17.5 Å². The largest absolute Gasteiger partial charge is 0.416 e. The number of nitrogens with one attached hydrogen (secondary N) is 2. The van der Waals surface area contributed by atoms with E-state index in [4.69, 9.17) is 0 Å². The van der Waals surface area contributed by atoms with Crippen molar-refractivity contribution in [2.75, 3.05) is 6.54 Å². The summed E-state index contributed by atoms with van der Waals surface area (Å²) in [7, 11) is -2.00. The lowest BCUT2D eigenvalue weighted by atomic mass is 9.95. The number of H-pyrrole nitrogens is 2. The van der Waals surface area contributed by atoms with E-state index in [9.17, 15) is 21.6 Å². The second kappa shape index (κ2) is 13.5. The van der Waals surface area contributed by atoms with Gasteiger partial charge in [-0.3, -0.25) is 0 Å². The number of aromatic amines is 2. The van der Waals surface area contributed by atoms with Crippen LogP contribution in [0.5, 0.6) is 0 Å². The van der Waals surface area contributed by atoms with Crippen LogP contribution in [0.2, 0.25) is 0 Å². The Hall–Kier alpha value is -6.05. The zero-order valence-electron chi connectivity index (χ0n) is 28.3. The Morgan fingerprint density at radius 3 is 1.75 bits per heavy atom. The predicted octanol–water partition coefficient (Wildman–Crippen LogP) is 8.51. The number of halogens is 3. The number of imidazole rings is 1. The molecule has 0 saturated carbocycles. The van der Waals surface area contributed by atoms with Crippen LogP contribution < -0.4 is 0 Å². The summed E-state index contributed by atoms with van der Waals surface area (Å²) in [5.74, 6) is 0. The smallest absolute Gasteiger partial charge is 0.355 e. The van der Waals surface area contributed by atoms with Gasteiger partial charge >= 0.3 is 6.18 Å². The van der Waals surface area contributed by atoms with Gasteiger partial charge in [-0.25, -0.2) is 23.4 Å². The minimum Gasteiger partial charge on any atom is -0.355 e. The summed E-state index contributed by atoms with van der Waals surface area (Å²) in [4.78, 5) is 20.0. The fourth-order valence-electron chi connectivity index (χ4n) is 6.37. The first kappa shape index (κ1) is 34.1. The van der Waals surface area contributed by atoms with Gasteiger partial charge in [0, 0.05) is 48.4 Å². The summed E-state index contributed by atoms with van der Waals surface area (Å²) < 4.78 is 67.0. The third kappa shape index (κ3) is 7.48. The molecule has 0 fully saturated rings. The Kier molecular flexibility index (Phi) is 8.67. The first-order chi connectivity index (χ1) is 25.4. The number of hydrogen-bond acceptors (Lipinski definition) is 5. The number of aromatic nitrogens is 6. The van der Waals surface area contributed by atoms with Crippen molar-refractivity contribution in [3.8, 4) is 11.1 Å². The standard InChI is InChI=1S/C20H18F3N3O2S.C20H14N4/c1-25-12-19(24-13-25)29(27,28)26-9-8-15-2-3-16(10-17(15)11-26)14-4-6-18(7-5-14)20(21,22)23;1-2-14-10-16-5-6-18(23-16)12-20-8-7-19(24-20)11-17-4-3-15(22-17)9-13(1)21-14/h2-7,10,12-13H,8-9,11H2,1H3;1-12,21-22H. The molecule has 13 heteroatoms. The second-order valence-corrected chi connectivity index (χ2v) is 14.8. The molecule has 0 unspecified atom stereocenters. The molecule has 0 saturated heterocycles. The van der Waals surface area contributed by atoms with Gasteiger partial charge in [0.05, 0.1) is 34.7 Å². The van der Waals surface area contributed by atoms with E-state index in [0.29, 0.717) is 18.5 Å².